The number of rotatable bonds is 10. The summed E-state index contributed by atoms with van der Waals surface area (Å²) < 4.78 is 0. The number of hydrogen-bond acceptors (Lipinski definition) is 7. The van der Waals surface area contributed by atoms with E-state index in [0.29, 0.717) is 19.4 Å². The lowest BCUT2D eigenvalue weighted by Crippen LogP contribution is -2.56. The van der Waals surface area contributed by atoms with Crippen LogP contribution in [0.1, 0.15) is 32.6 Å². The van der Waals surface area contributed by atoms with Gasteiger partial charge in [-0.25, -0.2) is 0 Å². The number of nitrogens with zero attached hydrogens (tertiary/aromatic N) is 1. The molecule has 4 unspecified atom stereocenters. The number of likely N-dealkylation sites (tertiary alicyclic amines) is 1. The molecular formula is C16H27N5O6S. The van der Waals surface area contributed by atoms with E-state index in [-0.39, 0.29) is 18.6 Å². The van der Waals surface area contributed by atoms with Crippen molar-refractivity contribution >= 4 is 42.2 Å². The lowest BCUT2D eigenvalue weighted by atomic mass is 10.1. The molecule has 1 fully saturated rings. The van der Waals surface area contributed by atoms with Gasteiger partial charge in [0.2, 0.25) is 23.6 Å². The highest BCUT2D eigenvalue weighted by Crippen LogP contribution is 2.19. The molecule has 0 saturated carbocycles. The minimum absolute atomic E-state index is 0.101. The number of thiol groups is 1. The smallest absolute Gasteiger partial charge is 0.325 e. The molecule has 7 N–H and O–H groups in total. The van der Waals surface area contributed by atoms with Crippen LogP contribution in [-0.2, 0) is 24.0 Å². The Labute approximate surface area is 168 Å². The van der Waals surface area contributed by atoms with E-state index in [1.807, 2.05) is 0 Å². The third-order valence-corrected chi connectivity index (χ3v) is 4.79. The Balaban J connectivity index is 2.86. The number of hydrogen-bond donors (Lipinski definition) is 6. The number of carbonyl (C=O) groups is 5. The summed E-state index contributed by atoms with van der Waals surface area (Å²) in [5.74, 6) is -3.54. The lowest BCUT2D eigenvalue weighted by Gasteiger charge is -2.28. The maximum absolute atomic E-state index is 12.7. The molecule has 1 aliphatic heterocycles. The van der Waals surface area contributed by atoms with Crippen molar-refractivity contribution in [1.82, 2.24) is 15.5 Å². The van der Waals surface area contributed by atoms with Gasteiger partial charge in [-0.05, 0) is 26.2 Å². The molecule has 4 amide bonds. The third kappa shape index (κ3) is 6.68. The van der Waals surface area contributed by atoms with E-state index >= 15 is 0 Å². The molecule has 1 rings (SSSR count). The minimum atomic E-state index is -1.25. The average Bonchev–Trinajstić information content (AvgIpc) is 3.12. The molecule has 1 heterocycles. The fourth-order valence-corrected chi connectivity index (χ4v) is 2.95. The summed E-state index contributed by atoms with van der Waals surface area (Å²) in [5, 5.41) is 13.7. The fraction of sp³-hybridized carbons (Fsp3) is 0.688. The summed E-state index contributed by atoms with van der Waals surface area (Å²) >= 11 is 3.99. The Kier molecular flexibility index (Phi) is 9.19. The van der Waals surface area contributed by atoms with E-state index in [4.69, 9.17) is 16.6 Å². The van der Waals surface area contributed by atoms with Crippen LogP contribution in [0.15, 0.2) is 0 Å². The zero-order valence-electron chi connectivity index (χ0n) is 15.6. The van der Waals surface area contributed by atoms with Gasteiger partial charge in [-0.15, -0.1) is 0 Å². The molecule has 0 aromatic heterocycles. The highest BCUT2D eigenvalue weighted by atomic mass is 32.1. The quantitative estimate of drug-likeness (QED) is 0.213. The lowest BCUT2D eigenvalue weighted by molar-refractivity contribution is -0.142. The molecule has 158 valence electrons. The summed E-state index contributed by atoms with van der Waals surface area (Å²) in [6.07, 6.45) is 0.706. The molecule has 11 nitrogen and oxygen atoms in total. The second kappa shape index (κ2) is 10.9. The summed E-state index contributed by atoms with van der Waals surface area (Å²) in [5.41, 5.74) is 10.8. The van der Waals surface area contributed by atoms with Gasteiger partial charge in [0.25, 0.3) is 0 Å². The Morgan fingerprint density at radius 1 is 1.25 bits per heavy atom. The van der Waals surface area contributed by atoms with Gasteiger partial charge in [0, 0.05) is 18.7 Å². The van der Waals surface area contributed by atoms with Crippen molar-refractivity contribution in [2.24, 2.45) is 11.5 Å². The van der Waals surface area contributed by atoms with E-state index in [0.717, 1.165) is 0 Å². The van der Waals surface area contributed by atoms with Gasteiger partial charge in [-0.1, -0.05) is 0 Å². The largest absolute Gasteiger partial charge is 0.480 e. The highest BCUT2D eigenvalue weighted by molar-refractivity contribution is 7.80. The first-order valence-corrected chi connectivity index (χ1v) is 9.50. The molecular weight excluding hydrogens is 390 g/mol. The summed E-state index contributed by atoms with van der Waals surface area (Å²) in [6, 6.07) is -4.00. The molecule has 12 heteroatoms. The van der Waals surface area contributed by atoms with Gasteiger partial charge in [0.05, 0.1) is 6.04 Å². The molecule has 0 aliphatic carbocycles. The Morgan fingerprint density at radius 2 is 1.89 bits per heavy atom. The maximum atomic E-state index is 12.7. The number of nitrogens with one attached hydrogen (secondary N) is 2. The van der Waals surface area contributed by atoms with Gasteiger partial charge in [0.1, 0.15) is 18.1 Å². The number of nitrogens with two attached hydrogens (primary N) is 2. The Morgan fingerprint density at radius 3 is 2.43 bits per heavy atom. The summed E-state index contributed by atoms with van der Waals surface area (Å²) in [7, 11) is 0. The first kappa shape index (κ1) is 23.7. The van der Waals surface area contributed by atoms with E-state index in [9.17, 15) is 24.0 Å². The SMILES string of the molecule is CC(NC(=O)C(CCC(N)=O)NC(=O)C1CCCN1C(=O)C(N)CS)C(=O)O. The standard InChI is InChI=1S/C16H27N5O6S/c1-8(16(26)27)19-13(23)10(4-5-12(18)22)20-14(24)11-3-2-6-21(11)15(25)9(17)7-28/h8-11,28H,2-7,17H2,1H3,(H2,18,22)(H,19,23)(H,20,24)(H,26,27). The number of amides is 4. The molecule has 1 aliphatic rings. The van der Waals surface area contributed by atoms with Gasteiger partial charge in [0.15, 0.2) is 0 Å². The molecule has 0 aromatic carbocycles. The van der Waals surface area contributed by atoms with Crippen LogP contribution in [0, 0.1) is 0 Å². The van der Waals surface area contributed by atoms with Crippen molar-refractivity contribution < 1.29 is 29.1 Å². The first-order valence-electron chi connectivity index (χ1n) is 8.87. The second-order valence-corrected chi connectivity index (χ2v) is 6.98. The van der Waals surface area contributed by atoms with Crippen molar-refractivity contribution in [1.29, 1.82) is 0 Å². The van der Waals surface area contributed by atoms with Crippen molar-refractivity contribution in [2.75, 3.05) is 12.3 Å². The van der Waals surface area contributed by atoms with Gasteiger partial charge < -0.3 is 32.1 Å². The predicted molar refractivity (Wildman–Crippen MR) is 102 cm³/mol. The van der Waals surface area contributed by atoms with Gasteiger partial charge in [-0.2, -0.15) is 12.6 Å². The fourth-order valence-electron chi connectivity index (χ4n) is 2.79. The topological polar surface area (TPSA) is 185 Å². The number of aliphatic carboxylic acids is 1. The van der Waals surface area contributed by atoms with Crippen LogP contribution in [0.5, 0.6) is 0 Å². The number of carboxylic acids is 1. The number of carboxylic acid groups (broad SMARTS) is 1. The van der Waals surface area contributed by atoms with E-state index in [2.05, 4.69) is 23.3 Å². The summed E-state index contributed by atoms with van der Waals surface area (Å²) in [4.78, 5) is 60.7. The molecule has 0 radical (unpaired) electrons. The van der Waals surface area contributed by atoms with Crippen LogP contribution in [0.25, 0.3) is 0 Å². The molecule has 0 bridgehead atoms. The maximum Gasteiger partial charge on any atom is 0.325 e. The molecule has 1 saturated heterocycles. The summed E-state index contributed by atoms with van der Waals surface area (Å²) in [6.45, 7) is 1.62. The molecule has 4 atom stereocenters. The first-order chi connectivity index (χ1) is 13.1. The van der Waals surface area contributed by atoms with E-state index < -0.39 is 53.8 Å². The molecule has 0 spiro atoms. The zero-order valence-corrected chi connectivity index (χ0v) is 16.5. The number of primary amides is 1. The molecule has 0 aromatic rings. The number of carbonyl (C=O) groups excluding carboxylic acids is 4. The Bertz CT molecular complexity index is 631. The Hall–Kier alpha value is -2.34. The van der Waals surface area contributed by atoms with Crippen LogP contribution in [0.4, 0.5) is 0 Å². The normalized spacial score (nSPS) is 19.4. The molecule has 28 heavy (non-hydrogen) atoms. The zero-order chi connectivity index (χ0) is 21.4. The van der Waals surface area contributed by atoms with Crippen LogP contribution < -0.4 is 22.1 Å². The average molecular weight is 417 g/mol. The van der Waals surface area contributed by atoms with Crippen molar-refractivity contribution in [2.45, 2.75) is 56.8 Å². The van der Waals surface area contributed by atoms with Crippen LogP contribution in [-0.4, -0.2) is 76.1 Å². The van der Waals surface area contributed by atoms with E-state index in [1.54, 1.807) is 0 Å². The predicted octanol–water partition coefficient (Wildman–Crippen LogP) is -2.43. The van der Waals surface area contributed by atoms with Gasteiger partial charge in [-0.3, -0.25) is 24.0 Å². The van der Waals surface area contributed by atoms with Crippen molar-refractivity contribution in [3.05, 3.63) is 0 Å². The minimum Gasteiger partial charge on any atom is -0.480 e. The van der Waals surface area contributed by atoms with Crippen LogP contribution in [0.2, 0.25) is 0 Å². The van der Waals surface area contributed by atoms with Crippen molar-refractivity contribution in [3.63, 3.8) is 0 Å². The van der Waals surface area contributed by atoms with E-state index in [1.165, 1.54) is 11.8 Å². The second-order valence-electron chi connectivity index (χ2n) is 6.61. The highest BCUT2D eigenvalue weighted by Gasteiger charge is 2.37. The van der Waals surface area contributed by atoms with Crippen molar-refractivity contribution in [3.8, 4) is 0 Å². The third-order valence-electron chi connectivity index (χ3n) is 4.39. The van der Waals surface area contributed by atoms with Crippen LogP contribution >= 0.6 is 12.6 Å². The van der Waals surface area contributed by atoms with Crippen LogP contribution in [0.3, 0.4) is 0 Å². The monoisotopic (exact) mass is 417 g/mol. The van der Waals surface area contributed by atoms with Gasteiger partial charge >= 0.3 is 5.97 Å².